The molecular weight excluding hydrogens is 302 g/mol. The van der Waals surface area contributed by atoms with Gasteiger partial charge in [-0.2, -0.15) is 11.8 Å². The van der Waals surface area contributed by atoms with E-state index in [1.54, 1.807) is 11.4 Å². The van der Waals surface area contributed by atoms with Gasteiger partial charge in [-0.3, -0.25) is 0 Å². The van der Waals surface area contributed by atoms with Gasteiger partial charge in [-0.25, -0.2) is 12.7 Å². The van der Waals surface area contributed by atoms with Crippen LogP contribution in [-0.4, -0.2) is 37.3 Å². The normalized spacial score (nSPS) is 20.1. The van der Waals surface area contributed by atoms with Gasteiger partial charge in [0.05, 0.1) is 5.75 Å². The lowest BCUT2D eigenvalue weighted by Gasteiger charge is -2.23. The highest BCUT2D eigenvalue weighted by molar-refractivity contribution is 7.99. The summed E-state index contributed by atoms with van der Waals surface area (Å²) in [6.07, 6.45) is 0.947. The van der Waals surface area contributed by atoms with E-state index in [1.807, 2.05) is 36.0 Å². The number of halogens is 1. The number of rotatable bonds is 5. The molecule has 6 heteroatoms. The first-order valence-electron chi connectivity index (χ1n) is 6.20. The van der Waals surface area contributed by atoms with Crippen molar-refractivity contribution in [2.75, 3.05) is 18.6 Å². The molecule has 0 amide bonds. The first kappa shape index (κ1) is 15.2. The van der Waals surface area contributed by atoms with Crippen LogP contribution in [0.4, 0.5) is 0 Å². The Bertz CT molecular complexity index is 527. The summed E-state index contributed by atoms with van der Waals surface area (Å²) in [5.41, 5.74) is 1.75. The monoisotopic (exact) mass is 319 g/mol. The SMILES string of the molecule is CN(C1CCSC1)S(=O)(=O)Cc1cccc(CCl)c1. The van der Waals surface area contributed by atoms with Gasteiger partial charge < -0.3 is 0 Å². The molecule has 1 atom stereocenters. The molecule has 1 aromatic rings. The maximum atomic E-state index is 12.4. The van der Waals surface area contributed by atoms with Crippen molar-refractivity contribution in [2.24, 2.45) is 0 Å². The van der Waals surface area contributed by atoms with E-state index in [9.17, 15) is 8.42 Å². The fourth-order valence-corrected chi connectivity index (χ4v) is 5.12. The highest BCUT2D eigenvalue weighted by Crippen LogP contribution is 2.24. The predicted molar refractivity (Wildman–Crippen MR) is 82.1 cm³/mol. The Labute approximate surface area is 124 Å². The molecule has 2 rings (SSSR count). The summed E-state index contributed by atoms with van der Waals surface area (Å²) in [7, 11) is -1.55. The lowest BCUT2D eigenvalue weighted by atomic mass is 10.2. The van der Waals surface area contributed by atoms with Gasteiger partial charge >= 0.3 is 0 Å². The summed E-state index contributed by atoms with van der Waals surface area (Å²) in [5.74, 6) is 2.40. The second kappa shape index (κ2) is 6.48. The predicted octanol–water partition coefficient (Wildman–Crippen LogP) is 2.69. The summed E-state index contributed by atoms with van der Waals surface area (Å²) in [4.78, 5) is 0. The number of benzene rings is 1. The van der Waals surface area contributed by atoms with Crippen LogP contribution in [0, 0.1) is 0 Å². The third kappa shape index (κ3) is 3.88. The van der Waals surface area contributed by atoms with E-state index in [2.05, 4.69) is 0 Å². The third-order valence-corrected chi connectivity index (χ3v) is 6.68. The van der Waals surface area contributed by atoms with Crippen LogP contribution in [-0.2, 0) is 21.7 Å². The number of hydrogen-bond donors (Lipinski definition) is 0. The van der Waals surface area contributed by atoms with Crippen LogP contribution < -0.4 is 0 Å². The molecule has 0 radical (unpaired) electrons. The molecule has 19 heavy (non-hydrogen) atoms. The summed E-state index contributed by atoms with van der Waals surface area (Å²) < 4.78 is 26.3. The van der Waals surface area contributed by atoms with Crippen molar-refractivity contribution in [1.29, 1.82) is 0 Å². The zero-order valence-electron chi connectivity index (χ0n) is 10.9. The number of sulfonamides is 1. The van der Waals surface area contributed by atoms with E-state index in [4.69, 9.17) is 11.6 Å². The van der Waals surface area contributed by atoms with Crippen molar-refractivity contribution in [3.63, 3.8) is 0 Å². The van der Waals surface area contributed by atoms with Crippen LogP contribution >= 0.6 is 23.4 Å². The van der Waals surface area contributed by atoms with Gasteiger partial charge in [-0.05, 0) is 23.3 Å². The maximum absolute atomic E-state index is 12.4. The maximum Gasteiger partial charge on any atom is 0.218 e. The topological polar surface area (TPSA) is 37.4 Å². The first-order valence-corrected chi connectivity index (χ1v) is 9.50. The second-order valence-electron chi connectivity index (χ2n) is 4.74. The second-order valence-corrected chi connectivity index (χ2v) is 8.19. The van der Waals surface area contributed by atoms with E-state index >= 15 is 0 Å². The van der Waals surface area contributed by atoms with Crippen LogP contribution in [0.3, 0.4) is 0 Å². The highest BCUT2D eigenvalue weighted by atomic mass is 35.5. The summed E-state index contributed by atoms with van der Waals surface area (Å²) in [5, 5.41) is 0. The standard InChI is InChI=1S/C13H18ClNO2S2/c1-15(13-5-6-18-9-13)19(16,17)10-12-4-2-3-11(7-12)8-14/h2-4,7,13H,5-6,8-10H2,1H3. The largest absolute Gasteiger partial charge is 0.218 e. The van der Waals surface area contributed by atoms with E-state index in [-0.39, 0.29) is 11.8 Å². The minimum atomic E-state index is -3.24. The molecule has 0 aliphatic carbocycles. The Kier molecular flexibility index (Phi) is 5.17. The summed E-state index contributed by atoms with van der Waals surface area (Å²) >= 11 is 7.59. The third-order valence-electron chi connectivity index (χ3n) is 3.35. The van der Waals surface area contributed by atoms with Crippen molar-refractivity contribution in [2.45, 2.75) is 24.1 Å². The molecule has 106 valence electrons. The van der Waals surface area contributed by atoms with Gasteiger partial charge in [0.25, 0.3) is 0 Å². The number of nitrogens with zero attached hydrogens (tertiary/aromatic N) is 1. The van der Waals surface area contributed by atoms with Crippen LogP contribution in [0.15, 0.2) is 24.3 Å². The van der Waals surface area contributed by atoms with Gasteiger partial charge in [0.1, 0.15) is 0 Å². The molecule has 1 aliphatic rings. The van der Waals surface area contributed by atoms with E-state index < -0.39 is 10.0 Å². The van der Waals surface area contributed by atoms with Crippen LogP contribution in [0.1, 0.15) is 17.5 Å². The molecule has 3 nitrogen and oxygen atoms in total. The van der Waals surface area contributed by atoms with Crippen LogP contribution in [0.2, 0.25) is 0 Å². The van der Waals surface area contributed by atoms with Crippen molar-refractivity contribution in [3.8, 4) is 0 Å². The lowest BCUT2D eigenvalue weighted by molar-refractivity contribution is 0.394. The fourth-order valence-electron chi connectivity index (χ4n) is 2.15. The van der Waals surface area contributed by atoms with E-state index in [0.717, 1.165) is 29.1 Å². The molecule has 1 saturated heterocycles. The lowest BCUT2D eigenvalue weighted by Crippen LogP contribution is -2.37. The Morgan fingerprint density at radius 2 is 2.16 bits per heavy atom. The minimum Gasteiger partial charge on any atom is -0.212 e. The van der Waals surface area contributed by atoms with Crippen LogP contribution in [0.25, 0.3) is 0 Å². The van der Waals surface area contributed by atoms with Crippen molar-refractivity contribution < 1.29 is 8.42 Å². The molecule has 0 N–H and O–H groups in total. The average Bonchev–Trinajstić information content (AvgIpc) is 2.91. The number of thioether (sulfide) groups is 1. The smallest absolute Gasteiger partial charge is 0.212 e. The molecule has 1 aromatic carbocycles. The minimum absolute atomic E-state index is 0.0510. The highest BCUT2D eigenvalue weighted by Gasteiger charge is 2.29. The van der Waals surface area contributed by atoms with Gasteiger partial charge in [0, 0.05) is 24.7 Å². The Morgan fingerprint density at radius 3 is 2.79 bits per heavy atom. The van der Waals surface area contributed by atoms with Crippen molar-refractivity contribution in [3.05, 3.63) is 35.4 Å². The Balaban J connectivity index is 2.11. The molecule has 1 unspecified atom stereocenters. The van der Waals surface area contributed by atoms with Gasteiger partial charge in [0.15, 0.2) is 0 Å². The van der Waals surface area contributed by atoms with Crippen LogP contribution in [0.5, 0.6) is 0 Å². The molecule has 0 aromatic heterocycles. The molecule has 1 heterocycles. The van der Waals surface area contributed by atoms with Crippen molar-refractivity contribution >= 4 is 33.4 Å². The van der Waals surface area contributed by atoms with Gasteiger partial charge in [-0.15, -0.1) is 11.6 Å². The molecule has 0 bridgehead atoms. The van der Waals surface area contributed by atoms with Gasteiger partial charge in [0.2, 0.25) is 10.0 Å². The first-order chi connectivity index (χ1) is 9.03. The zero-order valence-corrected chi connectivity index (χ0v) is 13.3. The molecular formula is C13H18ClNO2S2. The average molecular weight is 320 g/mol. The van der Waals surface area contributed by atoms with Crippen molar-refractivity contribution in [1.82, 2.24) is 4.31 Å². The van der Waals surface area contributed by atoms with Gasteiger partial charge in [-0.1, -0.05) is 24.3 Å². The molecule has 0 saturated carbocycles. The Hall–Kier alpha value is -0.230. The molecule has 1 aliphatic heterocycles. The molecule has 0 spiro atoms. The number of alkyl halides is 1. The Morgan fingerprint density at radius 1 is 1.42 bits per heavy atom. The molecule has 1 fully saturated rings. The number of hydrogen-bond acceptors (Lipinski definition) is 3. The zero-order chi connectivity index (χ0) is 13.9. The van der Waals surface area contributed by atoms with E-state index in [1.165, 1.54) is 0 Å². The van der Waals surface area contributed by atoms with E-state index in [0.29, 0.717) is 5.88 Å². The quantitative estimate of drug-likeness (QED) is 0.783. The summed E-state index contributed by atoms with van der Waals surface area (Å²) in [6.45, 7) is 0. The summed E-state index contributed by atoms with van der Waals surface area (Å²) in [6, 6.07) is 7.60. The fraction of sp³-hybridized carbons (Fsp3) is 0.538.